The second kappa shape index (κ2) is 5.47. The molecule has 1 saturated carbocycles. The summed E-state index contributed by atoms with van der Waals surface area (Å²) in [6.07, 6.45) is 2.31. The number of hydrogen-bond acceptors (Lipinski definition) is 1. The van der Waals surface area contributed by atoms with Crippen molar-refractivity contribution in [3.8, 4) is 0 Å². The highest BCUT2D eigenvalue weighted by Crippen LogP contribution is 2.35. The summed E-state index contributed by atoms with van der Waals surface area (Å²) in [5.74, 6) is 0.315. The van der Waals surface area contributed by atoms with Gasteiger partial charge in [-0.25, -0.2) is 0 Å². The van der Waals surface area contributed by atoms with Crippen molar-refractivity contribution in [1.29, 1.82) is 0 Å². The summed E-state index contributed by atoms with van der Waals surface area (Å²) in [4.78, 5) is 11.9. The molecule has 0 aliphatic heterocycles. The molecule has 1 N–H and O–H groups in total. The fourth-order valence-electron chi connectivity index (χ4n) is 1.59. The van der Waals surface area contributed by atoms with Gasteiger partial charge in [-0.05, 0) is 30.9 Å². The summed E-state index contributed by atoms with van der Waals surface area (Å²) < 4.78 is 0. The second-order valence-corrected chi connectivity index (χ2v) is 5.51. The van der Waals surface area contributed by atoms with Crippen LogP contribution in [0.3, 0.4) is 0 Å². The molecule has 2 rings (SSSR count). The number of nitrogens with one attached hydrogen (secondary N) is 1. The third kappa shape index (κ3) is 3.27. The van der Waals surface area contributed by atoms with Crippen molar-refractivity contribution in [2.45, 2.75) is 18.2 Å². The number of halogens is 3. The van der Waals surface area contributed by atoms with Gasteiger partial charge < -0.3 is 5.32 Å². The first-order chi connectivity index (χ1) is 8.09. The number of rotatable bonds is 4. The Kier molecular flexibility index (Phi) is 4.18. The van der Waals surface area contributed by atoms with Crippen molar-refractivity contribution >= 4 is 40.7 Å². The van der Waals surface area contributed by atoms with Gasteiger partial charge in [0.25, 0.3) is 5.91 Å². The molecule has 1 aromatic carbocycles. The molecule has 1 atom stereocenters. The van der Waals surface area contributed by atoms with Crippen LogP contribution in [0.1, 0.15) is 23.2 Å². The van der Waals surface area contributed by atoms with Crippen LogP contribution in [0.15, 0.2) is 18.2 Å². The van der Waals surface area contributed by atoms with E-state index in [9.17, 15) is 4.79 Å². The number of carbonyl (C=O) groups is 1. The monoisotopic (exact) mass is 291 g/mol. The van der Waals surface area contributed by atoms with Gasteiger partial charge in [0.1, 0.15) is 0 Å². The molecule has 92 valence electrons. The van der Waals surface area contributed by atoms with E-state index in [1.807, 2.05) is 0 Å². The molecular weight excluding hydrogens is 280 g/mol. The van der Waals surface area contributed by atoms with Crippen molar-refractivity contribution in [3.63, 3.8) is 0 Å². The highest BCUT2D eigenvalue weighted by atomic mass is 35.5. The SMILES string of the molecule is O=C(NCC(Cl)C1CC1)c1cccc(Cl)c1Cl. The first-order valence-electron chi connectivity index (χ1n) is 5.46. The molecular formula is C12H12Cl3NO. The fourth-order valence-corrected chi connectivity index (χ4v) is 2.30. The lowest BCUT2D eigenvalue weighted by atomic mass is 10.2. The summed E-state index contributed by atoms with van der Waals surface area (Å²) in [6, 6.07) is 4.99. The van der Waals surface area contributed by atoms with Crippen LogP contribution >= 0.6 is 34.8 Å². The zero-order valence-corrected chi connectivity index (χ0v) is 11.3. The Balaban J connectivity index is 1.96. The minimum Gasteiger partial charge on any atom is -0.350 e. The van der Waals surface area contributed by atoms with Gasteiger partial charge in [-0.3, -0.25) is 4.79 Å². The summed E-state index contributed by atoms with van der Waals surface area (Å²) >= 11 is 17.9. The van der Waals surface area contributed by atoms with E-state index in [4.69, 9.17) is 34.8 Å². The fraction of sp³-hybridized carbons (Fsp3) is 0.417. The van der Waals surface area contributed by atoms with Crippen LogP contribution in [0.25, 0.3) is 0 Å². The summed E-state index contributed by atoms with van der Waals surface area (Å²) in [7, 11) is 0. The van der Waals surface area contributed by atoms with Gasteiger partial charge >= 0.3 is 0 Å². The second-order valence-electron chi connectivity index (χ2n) is 4.16. The summed E-state index contributed by atoms with van der Waals surface area (Å²) in [5.41, 5.74) is 0.388. The number of alkyl halides is 1. The number of amides is 1. The average molecular weight is 293 g/mol. The average Bonchev–Trinajstić information content (AvgIpc) is 3.13. The smallest absolute Gasteiger partial charge is 0.252 e. The zero-order valence-electron chi connectivity index (χ0n) is 9.05. The standard InChI is InChI=1S/C12H12Cl3NO/c13-9-3-1-2-8(11(9)15)12(17)16-6-10(14)7-4-5-7/h1-3,7,10H,4-6H2,(H,16,17). The molecule has 1 aliphatic rings. The van der Waals surface area contributed by atoms with Crippen molar-refractivity contribution in [2.24, 2.45) is 5.92 Å². The van der Waals surface area contributed by atoms with E-state index >= 15 is 0 Å². The van der Waals surface area contributed by atoms with E-state index < -0.39 is 0 Å². The summed E-state index contributed by atoms with van der Waals surface area (Å²) in [5, 5.41) is 3.45. The van der Waals surface area contributed by atoms with Crippen LogP contribution in [0.5, 0.6) is 0 Å². The lowest BCUT2D eigenvalue weighted by Crippen LogP contribution is -2.30. The quantitative estimate of drug-likeness (QED) is 0.842. The van der Waals surface area contributed by atoms with Gasteiger partial charge in [0.15, 0.2) is 0 Å². The van der Waals surface area contributed by atoms with Crippen LogP contribution in [0.2, 0.25) is 10.0 Å². The predicted molar refractivity (Wildman–Crippen MR) is 71.2 cm³/mol. The molecule has 0 bridgehead atoms. The third-order valence-electron chi connectivity index (χ3n) is 2.79. The molecule has 1 aromatic rings. The maximum absolute atomic E-state index is 11.9. The van der Waals surface area contributed by atoms with Crippen LogP contribution < -0.4 is 5.32 Å². The lowest BCUT2D eigenvalue weighted by Gasteiger charge is -2.10. The zero-order chi connectivity index (χ0) is 12.4. The molecule has 1 aliphatic carbocycles. The predicted octanol–water partition coefficient (Wildman–Crippen LogP) is 3.74. The highest BCUT2D eigenvalue weighted by Gasteiger charge is 2.29. The van der Waals surface area contributed by atoms with Gasteiger partial charge in [0.05, 0.1) is 21.0 Å². The Morgan fingerprint density at radius 3 is 2.76 bits per heavy atom. The van der Waals surface area contributed by atoms with Gasteiger partial charge in [0, 0.05) is 6.54 Å². The van der Waals surface area contributed by atoms with Crippen molar-refractivity contribution in [2.75, 3.05) is 6.54 Å². The Bertz CT molecular complexity index is 432. The van der Waals surface area contributed by atoms with Gasteiger partial charge in [0.2, 0.25) is 0 Å². The van der Waals surface area contributed by atoms with Crippen LogP contribution in [0, 0.1) is 5.92 Å². The summed E-state index contributed by atoms with van der Waals surface area (Å²) in [6.45, 7) is 0.466. The first-order valence-corrected chi connectivity index (χ1v) is 6.65. The number of benzene rings is 1. The van der Waals surface area contributed by atoms with Gasteiger partial charge in [-0.1, -0.05) is 29.3 Å². The molecule has 1 unspecified atom stereocenters. The minimum atomic E-state index is -0.233. The van der Waals surface area contributed by atoms with Crippen molar-refractivity contribution in [1.82, 2.24) is 5.32 Å². The van der Waals surface area contributed by atoms with Crippen LogP contribution in [-0.4, -0.2) is 17.8 Å². The van der Waals surface area contributed by atoms with Crippen molar-refractivity contribution < 1.29 is 4.79 Å². The van der Waals surface area contributed by atoms with E-state index in [0.717, 1.165) is 12.8 Å². The van der Waals surface area contributed by atoms with E-state index in [0.29, 0.717) is 23.0 Å². The third-order valence-corrected chi connectivity index (χ3v) is 4.12. The van der Waals surface area contributed by atoms with Crippen LogP contribution in [0.4, 0.5) is 0 Å². The topological polar surface area (TPSA) is 29.1 Å². The van der Waals surface area contributed by atoms with E-state index in [1.165, 1.54) is 0 Å². The van der Waals surface area contributed by atoms with Gasteiger partial charge in [-0.2, -0.15) is 0 Å². The van der Waals surface area contributed by atoms with E-state index in [-0.39, 0.29) is 16.3 Å². The molecule has 0 radical (unpaired) electrons. The molecule has 1 fully saturated rings. The lowest BCUT2D eigenvalue weighted by molar-refractivity contribution is 0.0953. The van der Waals surface area contributed by atoms with Gasteiger partial charge in [-0.15, -0.1) is 11.6 Å². The molecule has 17 heavy (non-hydrogen) atoms. The van der Waals surface area contributed by atoms with Crippen molar-refractivity contribution in [3.05, 3.63) is 33.8 Å². The number of carbonyl (C=O) groups excluding carboxylic acids is 1. The minimum absolute atomic E-state index is 0.0110. The molecule has 0 aromatic heterocycles. The molecule has 0 spiro atoms. The Morgan fingerprint density at radius 2 is 2.12 bits per heavy atom. The normalized spacial score (nSPS) is 16.6. The Hall–Kier alpha value is -0.440. The maximum Gasteiger partial charge on any atom is 0.252 e. The first kappa shape index (κ1) is 13.0. The molecule has 0 saturated heterocycles. The van der Waals surface area contributed by atoms with E-state index in [1.54, 1.807) is 18.2 Å². The van der Waals surface area contributed by atoms with Crippen LogP contribution in [-0.2, 0) is 0 Å². The highest BCUT2D eigenvalue weighted by molar-refractivity contribution is 6.43. The Morgan fingerprint density at radius 1 is 1.41 bits per heavy atom. The molecule has 0 heterocycles. The number of hydrogen-bond donors (Lipinski definition) is 1. The van der Waals surface area contributed by atoms with E-state index in [2.05, 4.69) is 5.32 Å². The Labute approximate surface area is 115 Å². The maximum atomic E-state index is 11.9. The molecule has 1 amide bonds. The molecule has 2 nitrogen and oxygen atoms in total. The molecule has 5 heteroatoms. The largest absolute Gasteiger partial charge is 0.350 e.